The fraction of sp³-hybridized carbons (Fsp3) is 0.333. The zero-order valence-electron chi connectivity index (χ0n) is 12.4. The van der Waals surface area contributed by atoms with Gasteiger partial charge < -0.3 is 10.1 Å². The third-order valence-corrected chi connectivity index (χ3v) is 4.10. The Labute approximate surface area is 135 Å². The summed E-state index contributed by atoms with van der Waals surface area (Å²) in [5.41, 5.74) is 2.39. The number of ether oxygens (including phenoxy) is 1. The van der Waals surface area contributed by atoms with Crippen molar-refractivity contribution in [1.82, 2.24) is 5.32 Å². The van der Waals surface area contributed by atoms with Gasteiger partial charge >= 0.3 is 0 Å². The van der Waals surface area contributed by atoms with E-state index in [4.69, 9.17) is 4.74 Å². The molecule has 0 aliphatic rings. The lowest BCUT2D eigenvalue weighted by Crippen LogP contribution is -2.24. The number of halogens is 1. The van der Waals surface area contributed by atoms with Gasteiger partial charge in [0, 0.05) is 11.0 Å². The zero-order chi connectivity index (χ0) is 14.9. The number of hydrogen-bond acceptors (Lipinski definition) is 2. The van der Waals surface area contributed by atoms with E-state index in [2.05, 4.69) is 58.5 Å². The number of benzene rings is 2. The first-order valence-electron chi connectivity index (χ1n) is 7.42. The van der Waals surface area contributed by atoms with Gasteiger partial charge in [-0.25, -0.2) is 0 Å². The Kier molecular flexibility index (Phi) is 6.93. The molecular formula is C18H22BrNO. The predicted octanol–water partition coefficient (Wildman–Crippen LogP) is 4.71. The molecule has 1 atom stereocenters. The van der Waals surface area contributed by atoms with Crippen molar-refractivity contribution in [1.29, 1.82) is 0 Å². The summed E-state index contributed by atoms with van der Waals surface area (Å²) in [5.74, 6) is 0. The molecular weight excluding hydrogens is 326 g/mol. The van der Waals surface area contributed by atoms with Gasteiger partial charge in [-0.3, -0.25) is 0 Å². The molecule has 0 aliphatic heterocycles. The molecule has 2 nitrogen and oxygen atoms in total. The Morgan fingerprint density at radius 3 is 2.48 bits per heavy atom. The van der Waals surface area contributed by atoms with Crippen molar-refractivity contribution in [2.75, 3.05) is 13.1 Å². The molecule has 0 spiro atoms. The van der Waals surface area contributed by atoms with Crippen LogP contribution in [0.1, 0.15) is 30.6 Å². The lowest BCUT2D eigenvalue weighted by Gasteiger charge is -2.19. The summed E-state index contributed by atoms with van der Waals surface area (Å²) in [4.78, 5) is 0. The fourth-order valence-electron chi connectivity index (χ4n) is 2.16. The van der Waals surface area contributed by atoms with Crippen molar-refractivity contribution < 1.29 is 4.74 Å². The van der Waals surface area contributed by atoms with Crippen molar-refractivity contribution in [3.63, 3.8) is 0 Å². The third-order valence-electron chi connectivity index (χ3n) is 3.33. The van der Waals surface area contributed by atoms with Crippen LogP contribution in [0.3, 0.4) is 0 Å². The van der Waals surface area contributed by atoms with Crippen LogP contribution in [0.15, 0.2) is 59.1 Å². The minimum absolute atomic E-state index is 0.0739. The lowest BCUT2D eigenvalue weighted by molar-refractivity contribution is 0.0396. The molecule has 2 aromatic rings. The molecule has 112 valence electrons. The maximum absolute atomic E-state index is 6.15. The standard InChI is InChI=1S/C18H22BrNO/c1-2-12-20-13-18(15-8-4-3-5-9-15)21-14-16-10-6-7-11-17(16)19/h3-11,18,20H,2,12-14H2,1H3. The highest BCUT2D eigenvalue weighted by molar-refractivity contribution is 9.10. The highest BCUT2D eigenvalue weighted by Crippen LogP contribution is 2.22. The SMILES string of the molecule is CCCNCC(OCc1ccccc1Br)c1ccccc1. The quantitative estimate of drug-likeness (QED) is 0.698. The lowest BCUT2D eigenvalue weighted by atomic mass is 10.1. The van der Waals surface area contributed by atoms with E-state index in [9.17, 15) is 0 Å². The van der Waals surface area contributed by atoms with Crippen molar-refractivity contribution in [2.45, 2.75) is 26.1 Å². The molecule has 21 heavy (non-hydrogen) atoms. The van der Waals surface area contributed by atoms with Gasteiger partial charge in [-0.15, -0.1) is 0 Å². The minimum Gasteiger partial charge on any atom is -0.367 e. The van der Waals surface area contributed by atoms with Gasteiger partial charge in [0.15, 0.2) is 0 Å². The van der Waals surface area contributed by atoms with E-state index in [0.29, 0.717) is 6.61 Å². The van der Waals surface area contributed by atoms with Crippen molar-refractivity contribution in [3.05, 3.63) is 70.2 Å². The summed E-state index contributed by atoms with van der Waals surface area (Å²) in [7, 11) is 0. The highest BCUT2D eigenvalue weighted by atomic mass is 79.9. The molecule has 0 fully saturated rings. The van der Waals surface area contributed by atoms with Gasteiger partial charge in [0.25, 0.3) is 0 Å². The van der Waals surface area contributed by atoms with Crippen LogP contribution < -0.4 is 5.32 Å². The molecule has 0 aliphatic carbocycles. The molecule has 0 heterocycles. The Balaban J connectivity index is 2.00. The van der Waals surface area contributed by atoms with Crippen LogP contribution in [0.5, 0.6) is 0 Å². The Hall–Kier alpha value is -1.16. The van der Waals surface area contributed by atoms with E-state index in [-0.39, 0.29) is 6.10 Å². The molecule has 0 aromatic heterocycles. The average molecular weight is 348 g/mol. The molecule has 0 saturated carbocycles. The Morgan fingerprint density at radius 1 is 1.05 bits per heavy atom. The highest BCUT2D eigenvalue weighted by Gasteiger charge is 2.12. The van der Waals surface area contributed by atoms with Gasteiger partial charge in [-0.05, 0) is 30.2 Å². The number of rotatable bonds is 8. The van der Waals surface area contributed by atoms with Gasteiger partial charge in [0.1, 0.15) is 0 Å². The molecule has 1 N–H and O–H groups in total. The maximum Gasteiger partial charge on any atom is 0.0953 e. The van der Waals surface area contributed by atoms with Crippen molar-refractivity contribution in [3.8, 4) is 0 Å². The van der Waals surface area contributed by atoms with Crippen LogP contribution in [0, 0.1) is 0 Å². The summed E-state index contributed by atoms with van der Waals surface area (Å²) in [6, 6.07) is 18.6. The fourth-order valence-corrected chi connectivity index (χ4v) is 2.56. The van der Waals surface area contributed by atoms with E-state index in [1.165, 1.54) is 11.1 Å². The smallest absolute Gasteiger partial charge is 0.0953 e. The summed E-state index contributed by atoms with van der Waals surface area (Å²) >= 11 is 3.57. The van der Waals surface area contributed by atoms with E-state index in [1.54, 1.807) is 0 Å². The van der Waals surface area contributed by atoms with E-state index >= 15 is 0 Å². The summed E-state index contributed by atoms with van der Waals surface area (Å²) in [5, 5.41) is 3.45. The maximum atomic E-state index is 6.15. The van der Waals surface area contributed by atoms with E-state index in [1.807, 2.05) is 24.3 Å². The summed E-state index contributed by atoms with van der Waals surface area (Å²) in [6.07, 6.45) is 1.20. The van der Waals surface area contributed by atoms with Crippen molar-refractivity contribution in [2.24, 2.45) is 0 Å². The molecule has 3 heteroatoms. The topological polar surface area (TPSA) is 21.3 Å². The molecule has 1 unspecified atom stereocenters. The first-order chi connectivity index (χ1) is 10.3. The molecule has 0 amide bonds. The van der Waals surface area contributed by atoms with Gasteiger partial charge in [0.05, 0.1) is 12.7 Å². The largest absolute Gasteiger partial charge is 0.367 e. The van der Waals surface area contributed by atoms with E-state index in [0.717, 1.165) is 24.0 Å². The summed E-state index contributed by atoms with van der Waals surface area (Å²) < 4.78 is 7.24. The van der Waals surface area contributed by atoms with Crippen LogP contribution >= 0.6 is 15.9 Å². The Bertz CT molecular complexity index is 530. The van der Waals surface area contributed by atoms with Crippen LogP contribution in [-0.4, -0.2) is 13.1 Å². The first kappa shape index (κ1) is 16.2. The average Bonchev–Trinajstić information content (AvgIpc) is 2.53. The number of nitrogens with one attached hydrogen (secondary N) is 1. The molecule has 0 radical (unpaired) electrons. The first-order valence-corrected chi connectivity index (χ1v) is 8.21. The second kappa shape index (κ2) is 8.98. The third kappa shape index (κ3) is 5.27. The minimum atomic E-state index is 0.0739. The monoisotopic (exact) mass is 347 g/mol. The Morgan fingerprint density at radius 2 is 1.76 bits per heavy atom. The van der Waals surface area contributed by atoms with Crippen LogP contribution in [0.2, 0.25) is 0 Å². The van der Waals surface area contributed by atoms with Gasteiger partial charge in [0.2, 0.25) is 0 Å². The second-order valence-corrected chi connectivity index (χ2v) is 5.86. The van der Waals surface area contributed by atoms with Gasteiger partial charge in [-0.2, -0.15) is 0 Å². The normalized spacial score (nSPS) is 12.3. The van der Waals surface area contributed by atoms with Crippen LogP contribution in [0.4, 0.5) is 0 Å². The summed E-state index contributed by atoms with van der Waals surface area (Å²) in [6.45, 7) is 4.63. The molecule has 2 rings (SSSR count). The van der Waals surface area contributed by atoms with E-state index < -0.39 is 0 Å². The number of hydrogen-bond donors (Lipinski definition) is 1. The molecule has 2 aromatic carbocycles. The van der Waals surface area contributed by atoms with Gasteiger partial charge in [-0.1, -0.05) is 71.4 Å². The van der Waals surface area contributed by atoms with Crippen LogP contribution in [0.25, 0.3) is 0 Å². The zero-order valence-corrected chi connectivity index (χ0v) is 14.0. The molecule has 0 saturated heterocycles. The molecule has 0 bridgehead atoms. The second-order valence-electron chi connectivity index (χ2n) is 5.01. The van der Waals surface area contributed by atoms with Crippen LogP contribution in [-0.2, 0) is 11.3 Å². The van der Waals surface area contributed by atoms with Crippen molar-refractivity contribution >= 4 is 15.9 Å². The predicted molar refractivity (Wildman–Crippen MR) is 91.3 cm³/mol.